The molecule has 0 saturated carbocycles. The van der Waals surface area contributed by atoms with Gasteiger partial charge >= 0.3 is 0 Å². The van der Waals surface area contributed by atoms with Gasteiger partial charge in [0.25, 0.3) is 0 Å². The topological polar surface area (TPSA) is 110 Å². The molecule has 0 atom stereocenters. The van der Waals surface area contributed by atoms with E-state index in [1.54, 1.807) is 55.4 Å². The van der Waals surface area contributed by atoms with Crippen molar-refractivity contribution in [3.05, 3.63) is 163 Å². The summed E-state index contributed by atoms with van der Waals surface area (Å²) >= 11 is 0. The Morgan fingerprint density at radius 1 is 0.312 bits per heavy atom. The second kappa shape index (κ2) is 13.0. The van der Waals surface area contributed by atoms with Crippen LogP contribution in [-0.4, -0.2) is 15.0 Å². The van der Waals surface area contributed by atoms with E-state index in [0.29, 0.717) is 16.7 Å². The predicted octanol–water partition coefficient (Wildman–Crippen LogP) is 9.49. The minimum Gasteiger partial charge on any atom is -0.264 e. The van der Waals surface area contributed by atoms with E-state index in [4.69, 9.17) is 0 Å². The minimum absolute atomic E-state index is 0.579. The maximum atomic E-state index is 9.59. The van der Waals surface area contributed by atoms with Gasteiger partial charge in [-0.15, -0.1) is 0 Å². The Morgan fingerprint density at radius 2 is 0.562 bits per heavy atom. The van der Waals surface area contributed by atoms with Crippen molar-refractivity contribution >= 4 is 0 Å². The maximum absolute atomic E-state index is 9.59. The first kappa shape index (κ1) is 29.5. The van der Waals surface area contributed by atoms with Crippen molar-refractivity contribution in [2.75, 3.05) is 0 Å². The quantitative estimate of drug-likeness (QED) is 0.185. The second-order valence-electron chi connectivity index (χ2n) is 11.1. The summed E-state index contributed by atoms with van der Waals surface area (Å²) in [6.45, 7) is 0. The summed E-state index contributed by atoms with van der Waals surface area (Å²) in [4.78, 5) is 12.7. The minimum atomic E-state index is 0.579. The van der Waals surface area contributed by atoms with Crippen molar-refractivity contribution in [3.8, 4) is 85.0 Å². The molecule has 7 rings (SSSR count). The fourth-order valence-corrected chi connectivity index (χ4v) is 5.82. The third-order valence-electron chi connectivity index (χ3n) is 8.35. The first-order valence-electron chi connectivity index (χ1n) is 15.1. The van der Waals surface area contributed by atoms with Gasteiger partial charge in [0.15, 0.2) is 0 Å². The van der Waals surface area contributed by atoms with Gasteiger partial charge in [-0.3, -0.25) is 15.0 Å². The van der Waals surface area contributed by atoms with Gasteiger partial charge in [-0.2, -0.15) is 15.8 Å². The molecule has 7 aromatic rings. The number of nitrogens with zero attached hydrogens (tertiary/aromatic N) is 6. The highest BCUT2D eigenvalue weighted by Gasteiger charge is 2.12. The Hall–Kier alpha value is -7.20. The highest BCUT2D eigenvalue weighted by Crippen LogP contribution is 2.36. The summed E-state index contributed by atoms with van der Waals surface area (Å²) in [5, 5.41) is 28.8. The number of aromatic nitrogens is 3. The Kier molecular flexibility index (Phi) is 8.01. The zero-order valence-corrected chi connectivity index (χ0v) is 25.5. The molecular weight excluding hydrogens is 589 g/mol. The van der Waals surface area contributed by atoms with E-state index in [1.165, 1.54) is 0 Å². The summed E-state index contributed by atoms with van der Waals surface area (Å²) < 4.78 is 0. The fourth-order valence-electron chi connectivity index (χ4n) is 5.82. The van der Waals surface area contributed by atoms with E-state index in [-0.39, 0.29) is 0 Å². The molecule has 0 unspecified atom stereocenters. The Labute approximate surface area is 278 Å². The number of hydrogen-bond acceptors (Lipinski definition) is 6. The van der Waals surface area contributed by atoms with Gasteiger partial charge in [-0.05, 0) is 86.5 Å². The van der Waals surface area contributed by atoms with E-state index in [1.807, 2.05) is 36.4 Å². The molecule has 0 radical (unpaired) electrons. The van der Waals surface area contributed by atoms with Crippen molar-refractivity contribution in [1.29, 1.82) is 15.8 Å². The molecule has 3 aromatic heterocycles. The molecule has 6 heteroatoms. The molecule has 0 fully saturated rings. The van der Waals surface area contributed by atoms with E-state index in [2.05, 4.69) is 87.8 Å². The van der Waals surface area contributed by atoms with Crippen LogP contribution in [0.25, 0.3) is 66.8 Å². The molecule has 0 N–H and O–H groups in total. The molecular formula is C42H24N6. The van der Waals surface area contributed by atoms with Gasteiger partial charge in [-0.25, -0.2) is 0 Å². The molecule has 0 aliphatic heterocycles. The summed E-state index contributed by atoms with van der Waals surface area (Å²) in [6.07, 6.45) is 10.0. The molecule has 0 spiro atoms. The van der Waals surface area contributed by atoms with Gasteiger partial charge in [0.1, 0.15) is 0 Å². The fraction of sp³-hybridized carbons (Fsp3) is 0. The van der Waals surface area contributed by atoms with Crippen molar-refractivity contribution in [1.82, 2.24) is 15.0 Å². The lowest BCUT2D eigenvalue weighted by molar-refractivity contribution is 1.31. The van der Waals surface area contributed by atoms with Gasteiger partial charge in [0.2, 0.25) is 0 Å². The zero-order chi connectivity index (χ0) is 32.9. The van der Waals surface area contributed by atoms with Crippen molar-refractivity contribution in [2.45, 2.75) is 0 Å². The van der Waals surface area contributed by atoms with Crippen LogP contribution in [-0.2, 0) is 0 Å². The first-order chi connectivity index (χ1) is 23.6. The van der Waals surface area contributed by atoms with Crippen LogP contribution in [0.15, 0.2) is 146 Å². The monoisotopic (exact) mass is 612 g/mol. The smallest absolute Gasteiger partial charge is 0.0999 e. The summed E-state index contributed by atoms with van der Waals surface area (Å²) in [5.41, 5.74) is 13.1. The Balaban J connectivity index is 1.30. The average molecular weight is 613 g/mol. The van der Waals surface area contributed by atoms with Crippen LogP contribution in [0.4, 0.5) is 0 Å². The lowest BCUT2D eigenvalue weighted by Crippen LogP contribution is -1.89. The summed E-state index contributed by atoms with van der Waals surface area (Å²) in [6, 6.07) is 43.0. The lowest BCUT2D eigenvalue weighted by Gasteiger charge is -2.13. The van der Waals surface area contributed by atoms with Crippen LogP contribution in [0.5, 0.6) is 0 Å². The van der Waals surface area contributed by atoms with E-state index in [0.717, 1.165) is 66.8 Å². The molecule has 0 aliphatic carbocycles. The van der Waals surface area contributed by atoms with E-state index < -0.39 is 0 Å². The largest absolute Gasteiger partial charge is 0.264 e. The maximum Gasteiger partial charge on any atom is 0.0999 e. The van der Waals surface area contributed by atoms with E-state index >= 15 is 0 Å². The molecule has 0 aliphatic rings. The third kappa shape index (κ3) is 5.80. The van der Waals surface area contributed by atoms with Crippen molar-refractivity contribution in [2.24, 2.45) is 0 Å². The molecule has 6 nitrogen and oxygen atoms in total. The standard InChI is InChI=1S/C42H24N6/c43-22-34-13-16-46-25-40(34)31-7-1-28(2-8-31)37-19-38(29-3-9-32(10-4-29)41-26-47-17-14-35(41)23-44)21-39(20-37)30-5-11-33(12-6-30)42-27-48-18-15-36(42)24-45/h1-21,25-27H. The number of rotatable bonds is 6. The molecule has 222 valence electrons. The molecule has 48 heavy (non-hydrogen) atoms. The Morgan fingerprint density at radius 3 is 0.812 bits per heavy atom. The van der Waals surface area contributed by atoms with Crippen LogP contribution in [0.3, 0.4) is 0 Å². The summed E-state index contributed by atoms with van der Waals surface area (Å²) in [5.74, 6) is 0. The van der Waals surface area contributed by atoms with Gasteiger partial charge in [0, 0.05) is 53.9 Å². The Bertz CT molecular complexity index is 2120. The van der Waals surface area contributed by atoms with Crippen LogP contribution in [0.1, 0.15) is 16.7 Å². The highest BCUT2D eigenvalue weighted by molar-refractivity contribution is 5.84. The molecule has 0 amide bonds. The normalized spacial score (nSPS) is 10.4. The summed E-state index contributed by atoms with van der Waals surface area (Å²) in [7, 11) is 0. The zero-order valence-electron chi connectivity index (χ0n) is 25.5. The van der Waals surface area contributed by atoms with Gasteiger partial charge in [-0.1, -0.05) is 72.8 Å². The van der Waals surface area contributed by atoms with Crippen molar-refractivity contribution in [3.63, 3.8) is 0 Å². The van der Waals surface area contributed by atoms with Crippen LogP contribution < -0.4 is 0 Å². The van der Waals surface area contributed by atoms with Gasteiger partial charge in [0.05, 0.1) is 34.9 Å². The van der Waals surface area contributed by atoms with E-state index in [9.17, 15) is 15.8 Å². The van der Waals surface area contributed by atoms with Crippen LogP contribution in [0, 0.1) is 34.0 Å². The highest BCUT2D eigenvalue weighted by atomic mass is 14.6. The number of benzene rings is 4. The molecule has 4 aromatic carbocycles. The van der Waals surface area contributed by atoms with Crippen LogP contribution >= 0.6 is 0 Å². The number of pyridine rings is 3. The predicted molar refractivity (Wildman–Crippen MR) is 187 cm³/mol. The number of nitriles is 3. The molecule has 0 saturated heterocycles. The van der Waals surface area contributed by atoms with Crippen LogP contribution in [0.2, 0.25) is 0 Å². The SMILES string of the molecule is N#Cc1ccncc1-c1ccc(-c2cc(-c3ccc(-c4cnccc4C#N)cc3)cc(-c3ccc(-c4cnccc4C#N)cc3)c2)cc1. The lowest BCUT2D eigenvalue weighted by atomic mass is 9.91. The van der Waals surface area contributed by atoms with Gasteiger partial charge < -0.3 is 0 Å². The average Bonchev–Trinajstić information content (AvgIpc) is 3.18. The molecule has 0 bridgehead atoms. The van der Waals surface area contributed by atoms with Crippen molar-refractivity contribution < 1.29 is 0 Å². The first-order valence-corrected chi connectivity index (χ1v) is 15.1. The second-order valence-corrected chi connectivity index (χ2v) is 11.1. The third-order valence-corrected chi connectivity index (χ3v) is 8.35. The number of hydrogen-bond donors (Lipinski definition) is 0. The molecule has 3 heterocycles.